The number of halogens is 3. The molecule has 0 atom stereocenters. The summed E-state index contributed by atoms with van der Waals surface area (Å²) in [4.78, 5) is 19.6. The molecule has 2 rings (SSSR count). The number of carbonyl (C=O) groups excluding carboxylic acids is 1. The van der Waals surface area contributed by atoms with Crippen LogP contribution < -0.4 is 5.32 Å². The third-order valence-corrected chi connectivity index (χ3v) is 3.78. The summed E-state index contributed by atoms with van der Waals surface area (Å²) in [5.41, 5.74) is 0.446. The number of amides is 1. The van der Waals surface area contributed by atoms with Gasteiger partial charge in [-0.15, -0.1) is 0 Å². The van der Waals surface area contributed by atoms with E-state index in [1.165, 1.54) is 12.4 Å². The molecule has 92 valence electrons. The minimum absolute atomic E-state index is 0.216. The number of benzene rings is 1. The van der Waals surface area contributed by atoms with E-state index in [-0.39, 0.29) is 11.1 Å². The van der Waals surface area contributed by atoms with Gasteiger partial charge in [0.15, 0.2) is 5.82 Å². The Kier molecular flexibility index (Phi) is 4.36. The van der Waals surface area contributed by atoms with Crippen molar-refractivity contribution in [3.05, 3.63) is 49.9 Å². The Morgan fingerprint density at radius 2 is 2.06 bits per heavy atom. The molecule has 18 heavy (non-hydrogen) atoms. The first-order chi connectivity index (χ1) is 8.56. The predicted octanol–water partition coefficient (Wildman–Crippen LogP) is 3.64. The Hall–Kier alpha value is -0.920. The molecule has 0 aliphatic carbocycles. The Morgan fingerprint density at radius 3 is 2.72 bits per heavy atom. The maximum atomic E-state index is 11.9. The molecular weight excluding hydrogens is 388 g/mol. The van der Waals surface area contributed by atoms with Crippen LogP contribution in [0.25, 0.3) is 0 Å². The van der Waals surface area contributed by atoms with Crippen molar-refractivity contribution in [2.45, 2.75) is 0 Å². The summed E-state index contributed by atoms with van der Waals surface area (Å²) in [5, 5.41) is 3.33. The van der Waals surface area contributed by atoms with Gasteiger partial charge >= 0.3 is 0 Å². The zero-order valence-electron chi connectivity index (χ0n) is 8.82. The summed E-state index contributed by atoms with van der Waals surface area (Å²) in [7, 11) is 0. The van der Waals surface area contributed by atoms with Gasteiger partial charge in [-0.05, 0) is 40.8 Å². The van der Waals surface area contributed by atoms with E-state index in [0.717, 1.165) is 3.57 Å². The first-order valence-corrected chi connectivity index (χ1v) is 6.63. The lowest BCUT2D eigenvalue weighted by Gasteiger charge is -2.05. The molecular formula is C11H6Cl2IN3O. The fourth-order valence-electron chi connectivity index (χ4n) is 1.23. The van der Waals surface area contributed by atoms with E-state index in [2.05, 4.69) is 37.9 Å². The van der Waals surface area contributed by atoms with Gasteiger partial charge in [-0.3, -0.25) is 9.78 Å². The third kappa shape index (κ3) is 3.30. The number of nitrogens with one attached hydrogen (secondary N) is 1. The van der Waals surface area contributed by atoms with Crippen molar-refractivity contribution in [2.75, 3.05) is 5.32 Å². The van der Waals surface area contributed by atoms with E-state index < -0.39 is 0 Å². The van der Waals surface area contributed by atoms with Crippen LogP contribution in [-0.2, 0) is 0 Å². The first kappa shape index (κ1) is 13.5. The number of anilines is 1. The van der Waals surface area contributed by atoms with Crippen molar-refractivity contribution in [1.82, 2.24) is 9.97 Å². The standard InChI is InChI=1S/C11H6Cl2IN3O/c12-7-3-6(1-2-8(7)14)11(18)17-10-5-15-4-9(13)16-10/h1-5H,(H,16,17,18). The maximum Gasteiger partial charge on any atom is 0.256 e. The minimum atomic E-state index is -0.315. The molecule has 0 aliphatic heterocycles. The molecule has 0 radical (unpaired) electrons. The molecule has 0 bridgehead atoms. The Bertz CT molecular complexity index is 607. The summed E-state index contributed by atoms with van der Waals surface area (Å²) in [6, 6.07) is 5.04. The highest BCUT2D eigenvalue weighted by Gasteiger charge is 2.09. The average molecular weight is 394 g/mol. The monoisotopic (exact) mass is 393 g/mol. The Balaban J connectivity index is 2.19. The summed E-state index contributed by atoms with van der Waals surface area (Å²) in [6.07, 6.45) is 2.80. The molecule has 1 heterocycles. The average Bonchev–Trinajstić information content (AvgIpc) is 2.32. The summed E-state index contributed by atoms with van der Waals surface area (Å²) < 4.78 is 0.883. The highest BCUT2D eigenvalue weighted by molar-refractivity contribution is 14.1. The van der Waals surface area contributed by atoms with Gasteiger partial charge in [0.2, 0.25) is 0 Å². The zero-order chi connectivity index (χ0) is 13.1. The van der Waals surface area contributed by atoms with E-state index in [4.69, 9.17) is 23.2 Å². The van der Waals surface area contributed by atoms with Gasteiger partial charge in [0.25, 0.3) is 5.91 Å². The second-order valence-corrected chi connectivity index (χ2v) is 5.27. The van der Waals surface area contributed by atoms with E-state index in [0.29, 0.717) is 16.4 Å². The molecule has 1 aromatic carbocycles. The second-order valence-electron chi connectivity index (χ2n) is 3.31. The molecule has 0 aliphatic rings. The number of hydrogen-bond acceptors (Lipinski definition) is 3. The van der Waals surface area contributed by atoms with Crippen LogP contribution in [0.2, 0.25) is 10.2 Å². The lowest BCUT2D eigenvalue weighted by molar-refractivity contribution is 0.102. The molecule has 1 N–H and O–H groups in total. The molecule has 0 saturated carbocycles. The van der Waals surface area contributed by atoms with Crippen LogP contribution in [-0.4, -0.2) is 15.9 Å². The molecule has 0 spiro atoms. The minimum Gasteiger partial charge on any atom is -0.305 e. The van der Waals surface area contributed by atoms with Gasteiger partial charge in [-0.1, -0.05) is 23.2 Å². The highest BCUT2D eigenvalue weighted by Crippen LogP contribution is 2.20. The van der Waals surface area contributed by atoms with Crippen LogP contribution in [0, 0.1) is 3.57 Å². The molecule has 7 heteroatoms. The van der Waals surface area contributed by atoms with Crippen LogP contribution in [0.5, 0.6) is 0 Å². The van der Waals surface area contributed by atoms with Gasteiger partial charge in [0.05, 0.1) is 17.4 Å². The van der Waals surface area contributed by atoms with E-state index in [9.17, 15) is 4.79 Å². The molecule has 0 unspecified atom stereocenters. The fourth-order valence-corrected chi connectivity index (χ4v) is 1.89. The van der Waals surface area contributed by atoms with Crippen molar-refractivity contribution in [2.24, 2.45) is 0 Å². The predicted molar refractivity (Wildman–Crippen MR) is 79.2 cm³/mol. The van der Waals surface area contributed by atoms with E-state index in [1.807, 2.05) is 0 Å². The zero-order valence-corrected chi connectivity index (χ0v) is 12.5. The number of rotatable bonds is 2. The molecule has 1 aromatic heterocycles. The lowest BCUT2D eigenvalue weighted by atomic mass is 10.2. The number of hydrogen-bond donors (Lipinski definition) is 1. The van der Waals surface area contributed by atoms with Gasteiger partial charge in [0.1, 0.15) is 5.15 Å². The quantitative estimate of drug-likeness (QED) is 0.792. The molecule has 2 aromatic rings. The van der Waals surface area contributed by atoms with Gasteiger partial charge in [0, 0.05) is 9.13 Å². The normalized spacial score (nSPS) is 10.2. The van der Waals surface area contributed by atoms with Crippen molar-refractivity contribution in [1.29, 1.82) is 0 Å². The molecule has 0 fully saturated rings. The van der Waals surface area contributed by atoms with Crippen molar-refractivity contribution in [3.63, 3.8) is 0 Å². The Labute approximate surface area is 127 Å². The van der Waals surface area contributed by atoms with Gasteiger partial charge in [-0.2, -0.15) is 0 Å². The molecule has 0 saturated heterocycles. The van der Waals surface area contributed by atoms with Crippen LogP contribution >= 0.6 is 45.8 Å². The van der Waals surface area contributed by atoms with Crippen LogP contribution in [0.1, 0.15) is 10.4 Å². The molecule has 1 amide bonds. The smallest absolute Gasteiger partial charge is 0.256 e. The molecule has 4 nitrogen and oxygen atoms in total. The lowest BCUT2D eigenvalue weighted by Crippen LogP contribution is -2.13. The maximum absolute atomic E-state index is 11.9. The van der Waals surface area contributed by atoms with Gasteiger partial charge < -0.3 is 5.32 Å². The third-order valence-electron chi connectivity index (χ3n) is 2.03. The summed E-state index contributed by atoms with van der Waals surface area (Å²) in [6.45, 7) is 0. The van der Waals surface area contributed by atoms with Crippen LogP contribution in [0.4, 0.5) is 5.82 Å². The number of nitrogens with zero attached hydrogens (tertiary/aromatic N) is 2. The highest BCUT2D eigenvalue weighted by atomic mass is 127. The van der Waals surface area contributed by atoms with Crippen LogP contribution in [0.15, 0.2) is 30.6 Å². The number of carbonyl (C=O) groups is 1. The summed E-state index contributed by atoms with van der Waals surface area (Å²) >= 11 is 13.7. The van der Waals surface area contributed by atoms with Crippen LogP contribution in [0.3, 0.4) is 0 Å². The van der Waals surface area contributed by atoms with Gasteiger partial charge in [-0.25, -0.2) is 4.98 Å². The number of aromatic nitrogens is 2. The second kappa shape index (κ2) is 5.81. The van der Waals surface area contributed by atoms with E-state index in [1.54, 1.807) is 18.2 Å². The SMILES string of the molecule is O=C(Nc1cncc(Cl)n1)c1ccc(I)c(Cl)c1. The van der Waals surface area contributed by atoms with Crippen molar-refractivity contribution in [3.8, 4) is 0 Å². The fraction of sp³-hybridized carbons (Fsp3) is 0. The summed E-state index contributed by atoms with van der Waals surface area (Å²) in [5.74, 6) is -0.0213. The largest absolute Gasteiger partial charge is 0.305 e. The Morgan fingerprint density at radius 1 is 1.28 bits per heavy atom. The van der Waals surface area contributed by atoms with E-state index >= 15 is 0 Å². The van der Waals surface area contributed by atoms with Crippen molar-refractivity contribution < 1.29 is 4.79 Å². The topological polar surface area (TPSA) is 54.9 Å². The first-order valence-electron chi connectivity index (χ1n) is 4.80. The van der Waals surface area contributed by atoms with Crippen molar-refractivity contribution >= 4 is 57.5 Å².